The zero-order valence-electron chi connectivity index (χ0n) is 23.5. The van der Waals surface area contributed by atoms with Crippen LogP contribution in [0.25, 0.3) is 0 Å². The molecule has 1 fully saturated rings. The predicted molar refractivity (Wildman–Crippen MR) is 154 cm³/mol. The van der Waals surface area contributed by atoms with Gasteiger partial charge in [-0.05, 0) is 66.5 Å². The van der Waals surface area contributed by atoms with E-state index in [2.05, 4.69) is 10.6 Å². The highest BCUT2D eigenvalue weighted by atomic mass is 19.4. The fourth-order valence-electron chi connectivity index (χ4n) is 5.19. The summed E-state index contributed by atoms with van der Waals surface area (Å²) in [7, 11) is -1.13. The number of piperidine rings is 1. The van der Waals surface area contributed by atoms with Crippen LogP contribution < -0.4 is 33.3 Å². The van der Waals surface area contributed by atoms with Gasteiger partial charge in [0, 0.05) is 37.3 Å². The second kappa shape index (κ2) is 13.9. The average molecular weight is 604 g/mol. The molecule has 2 aromatic carbocycles. The Morgan fingerprint density at radius 1 is 1.05 bits per heavy atom. The summed E-state index contributed by atoms with van der Waals surface area (Å²) in [4.78, 5) is 40.5. The van der Waals surface area contributed by atoms with Crippen LogP contribution in [0.4, 0.5) is 18.9 Å². The molecule has 4 atom stereocenters. The van der Waals surface area contributed by atoms with E-state index in [0.29, 0.717) is 36.2 Å². The van der Waals surface area contributed by atoms with Crippen LogP contribution in [0.2, 0.25) is 0 Å². The van der Waals surface area contributed by atoms with Crippen LogP contribution in [0.5, 0.6) is 0 Å². The van der Waals surface area contributed by atoms with E-state index in [1.807, 2.05) is 0 Å². The molecule has 9 N–H and O–H groups in total. The van der Waals surface area contributed by atoms with Crippen molar-refractivity contribution < 1.29 is 37.2 Å². The second-order valence-corrected chi connectivity index (χ2v) is 11.1. The smallest absolute Gasteiger partial charge is 0.423 e. The Bertz CT molecular complexity index is 1300. The molecule has 43 heavy (non-hydrogen) atoms. The minimum atomic E-state index is -4.48. The summed E-state index contributed by atoms with van der Waals surface area (Å²) in [6.07, 6.45) is -3.64. The van der Waals surface area contributed by atoms with Gasteiger partial charge in [0.25, 0.3) is 0 Å². The number of amides is 3. The number of nitrogens with one attached hydrogen (secondary N) is 2. The molecule has 2 aromatic rings. The van der Waals surface area contributed by atoms with Gasteiger partial charge >= 0.3 is 13.3 Å². The number of hydrogen-bond donors (Lipinski definition) is 6. The van der Waals surface area contributed by atoms with Gasteiger partial charge in [-0.15, -0.1) is 0 Å². The minimum Gasteiger partial charge on any atom is -0.423 e. The SMILES string of the molecule is NC1CC(N)CN(C(=O)CCC(N)C(=O)NC(CCc2ccc(C(F)(F)F)cc2)C(=O)Nc2ccc3c(c2)B(O)OC3)C1. The Labute approximate surface area is 247 Å². The highest BCUT2D eigenvalue weighted by Gasteiger charge is 2.31. The van der Waals surface area contributed by atoms with E-state index >= 15 is 0 Å². The maximum absolute atomic E-state index is 13.3. The zero-order chi connectivity index (χ0) is 31.3. The lowest BCUT2D eigenvalue weighted by molar-refractivity contribution is -0.137. The zero-order valence-corrected chi connectivity index (χ0v) is 23.5. The summed E-state index contributed by atoms with van der Waals surface area (Å²) in [5.41, 5.74) is 19.4. The van der Waals surface area contributed by atoms with Crippen LogP contribution in [0, 0.1) is 0 Å². The molecule has 0 spiro atoms. The van der Waals surface area contributed by atoms with E-state index in [1.165, 1.54) is 12.1 Å². The number of likely N-dealkylation sites (tertiary alicyclic amines) is 1. The molecule has 0 aliphatic carbocycles. The van der Waals surface area contributed by atoms with Crippen molar-refractivity contribution in [3.05, 3.63) is 59.2 Å². The summed E-state index contributed by atoms with van der Waals surface area (Å²) in [5.74, 6) is -1.48. The van der Waals surface area contributed by atoms with E-state index in [9.17, 15) is 32.6 Å². The van der Waals surface area contributed by atoms with Gasteiger partial charge in [-0.3, -0.25) is 14.4 Å². The van der Waals surface area contributed by atoms with Crippen molar-refractivity contribution in [3.8, 4) is 0 Å². The molecular formula is C28H36BF3N6O5. The number of rotatable bonds is 10. The third-order valence-electron chi connectivity index (χ3n) is 7.59. The van der Waals surface area contributed by atoms with Crippen LogP contribution in [-0.2, 0) is 38.2 Å². The third kappa shape index (κ3) is 8.77. The van der Waals surface area contributed by atoms with Crippen LogP contribution in [0.3, 0.4) is 0 Å². The average Bonchev–Trinajstić information content (AvgIpc) is 3.32. The summed E-state index contributed by atoms with van der Waals surface area (Å²) in [6.45, 7) is 0.965. The van der Waals surface area contributed by atoms with Crippen molar-refractivity contribution in [1.29, 1.82) is 0 Å². The number of fused-ring (bicyclic) bond motifs is 1. The Balaban J connectivity index is 1.40. The minimum absolute atomic E-state index is 0.0155. The second-order valence-electron chi connectivity index (χ2n) is 11.1. The van der Waals surface area contributed by atoms with Gasteiger partial charge in [0.2, 0.25) is 17.7 Å². The molecule has 2 aliphatic rings. The fourth-order valence-corrected chi connectivity index (χ4v) is 5.19. The Morgan fingerprint density at radius 3 is 2.37 bits per heavy atom. The third-order valence-corrected chi connectivity index (χ3v) is 7.59. The molecule has 4 rings (SSSR count). The maximum atomic E-state index is 13.3. The first kappa shape index (κ1) is 32.4. The molecule has 0 saturated carbocycles. The van der Waals surface area contributed by atoms with E-state index in [0.717, 1.165) is 17.7 Å². The van der Waals surface area contributed by atoms with Crippen molar-refractivity contribution in [2.45, 2.75) is 69.1 Å². The fraction of sp³-hybridized carbons (Fsp3) is 0.464. The standard InChI is InChI=1S/C28H36BF3N6O5/c30-28(31,32)18-5-1-16(2-6-18)3-9-24(27(41)36-21-7-4-17-15-43-29(42)22(17)12-21)37-26(40)23(35)8-10-25(39)38-13-19(33)11-20(34)14-38/h1-2,4-7,12,19-20,23-24,42H,3,8-11,13-15,33-35H2,(H,36,41)(H,37,40). The number of benzene rings is 2. The van der Waals surface area contributed by atoms with Crippen molar-refractivity contribution in [1.82, 2.24) is 10.2 Å². The van der Waals surface area contributed by atoms with Crippen LogP contribution >= 0.6 is 0 Å². The number of anilines is 1. The van der Waals surface area contributed by atoms with E-state index in [4.69, 9.17) is 21.9 Å². The van der Waals surface area contributed by atoms with Gasteiger partial charge < -0.3 is 42.4 Å². The maximum Gasteiger partial charge on any atom is 0.491 e. The Hall–Kier alpha value is -3.50. The van der Waals surface area contributed by atoms with Gasteiger partial charge in [0.05, 0.1) is 18.2 Å². The lowest BCUT2D eigenvalue weighted by Crippen LogP contribution is -2.54. The number of nitrogens with zero attached hydrogens (tertiary/aromatic N) is 1. The topological polar surface area (TPSA) is 186 Å². The molecule has 4 unspecified atom stereocenters. The molecule has 232 valence electrons. The van der Waals surface area contributed by atoms with E-state index in [1.54, 1.807) is 23.1 Å². The highest BCUT2D eigenvalue weighted by molar-refractivity contribution is 6.61. The van der Waals surface area contributed by atoms with Crippen LogP contribution in [0.15, 0.2) is 42.5 Å². The molecular weight excluding hydrogens is 568 g/mol. The number of alkyl halides is 3. The first-order valence-corrected chi connectivity index (χ1v) is 14.0. The van der Waals surface area contributed by atoms with E-state index < -0.39 is 42.8 Å². The largest absolute Gasteiger partial charge is 0.491 e. The summed E-state index contributed by atoms with van der Waals surface area (Å²) >= 11 is 0. The molecule has 0 bridgehead atoms. The van der Waals surface area contributed by atoms with Crippen LogP contribution in [-0.4, -0.2) is 72.0 Å². The molecule has 1 saturated heterocycles. The first-order chi connectivity index (χ1) is 20.3. The molecule has 2 aliphatic heterocycles. The monoisotopic (exact) mass is 604 g/mol. The van der Waals surface area contributed by atoms with Crippen molar-refractivity contribution in [2.75, 3.05) is 18.4 Å². The molecule has 3 amide bonds. The van der Waals surface area contributed by atoms with Crippen molar-refractivity contribution in [2.24, 2.45) is 17.2 Å². The van der Waals surface area contributed by atoms with Crippen molar-refractivity contribution in [3.63, 3.8) is 0 Å². The van der Waals surface area contributed by atoms with Gasteiger partial charge in [0.15, 0.2) is 0 Å². The first-order valence-electron chi connectivity index (χ1n) is 14.0. The summed E-state index contributed by atoms with van der Waals surface area (Å²) in [6, 6.07) is 6.77. The van der Waals surface area contributed by atoms with Gasteiger partial charge in [-0.25, -0.2) is 0 Å². The van der Waals surface area contributed by atoms with E-state index in [-0.39, 0.29) is 50.3 Å². The lowest BCUT2D eigenvalue weighted by atomic mass is 9.79. The lowest BCUT2D eigenvalue weighted by Gasteiger charge is -2.34. The predicted octanol–water partition coefficient (Wildman–Crippen LogP) is -0.0264. The molecule has 2 heterocycles. The number of carbonyl (C=O) groups excluding carboxylic acids is 3. The van der Waals surface area contributed by atoms with Gasteiger partial charge in [0.1, 0.15) is 6.04 Å². The van der Waals surface area contributed by atoms with Gasteiger partial charge in [-0.2, -0.15) is 13.2 Å². The molecule has 0 aromatic heterocycles. The molecule has 15 heteroatoms. The quantitative estimate of drug-likeness (QED) is 0.204. The number of aryl methyl sites for hydroxylation is 1. The van der Waals surface area contributed by atoms with Crippen LogP contribution in [0.1, 0.15) is 42.4 Å². The number of carbonyl (C=O) groups is 3. The van der Waals surface area contributed by atoms with Crippen molar-refractivity contribution >= 4 is 36.0 Å². The number of hydrogen-bond acceptors (Lipinski definition) is 8. The molecule has 0 radical (unpaired) electrons. The summed E-state index contributed by atoms with van der Waals surface area (Å²) in [5, 5.41) is 15.3. The van der Waals surface area contributed by atoms with Gasteiger partial charge in [-0.1, -0.05) is 18.2 Å². The Kier molecular flexibility index (Phi) is 10.5. The summed E-state index contributed by atoms with van der Waals surface area (Å²) < 4.78 is 44.0. The molecule has 11 nitrogen and oxygen atoms in total. The normalized spacial score (nSPS) is 19.9. The number of halogens is 3. The Morgan fingerprint density at radius 2 is 1.72 bits per heavy atom. The number of nitrogens with two attached hydrogens (primary N) is 3. The highest BCUT2D eigenvalue weighted by Crippen LogP contribution is 2.29.